The summed E-state index contributed by atoms with van der Waals surface area (Å²) in [5, 5.41) is 0. The van der Waals surface area contributed by atoms with Crippen LogP contribution >= 0.6 is 0 Å². The molecule has 0 unspecified atom stereocenters. The van der Waals surface area contributed by atoms with Gasteiger partial charge in [0.25, 0.3) is 0 Å². The minimum Gasteiger partial charge on any atom is -0.461 e. The van der Waals surface area contributed by atoms with Gasteiger partial charge in [0.2, 0.25) is 0 Å². The summed E-state index contributed by atoms with van der Waals surface area (Å²) in [6.45, 7) is 4.51. The van der Waals surface area contributed by atoms with Gasteiger partial charge < -0.3 is 19.3 Å². The summed E-state index contributed by atoms with van der Waals surface area (Å²) in [6, 6.07) is 0.419. The van der Waals surface area contributed by atoms with Crippen LogP contribution in [0.15, 0.2) is 11.8 Å². The Hall–Kier alpha value is -1.06. The molecule has 0 N–H and O–H groups in total. The van der Waals surface area contributed by atoms with Crippen molar-refractivity contribution in [1.82, 2.24) is 9.80 Å². The third-order valence-electron chi connectivity index (χ3n) is 2.65. The molecule has 2 rings (SSSR count). The van der Waals surface area contributed by atoms with Crippen LogP contribution in [0.5, 0.6) is 0 Å². The lowest BCUT2D eigenvalue weighted by atomic mass is 10.3. The number of likely N-dealkylation sites (N-methyl/N-ethyl adjacent to an activating group) is 2. The molecular weight excluding hydrogens is 168 g/mol. The summed E-state index contributed by atoms with van der Waals surface area (Å²) in [5.41, 5.74) is 0. The molecule has 0 saturated carbocycles. The predicted molar refractivity (Wildman–Crippen MR) is 48.8 cm³/mol. The third-order valence-corrected chi connectivity index (χ3v) is 2.65. The first kappa shape index (κ1) is 8.53. The van der Waals surface area contributed by atoms with Gasteiger partial charge in [-0.2, -0.15) is 0 Å². The fourth-order valence-corrected chi connectivity index (χ4v) is 1.64. The molecular formula is C9H16N2O2. The normalized spacial score (nSPS) is 28.1. The Labute approximate surface area is 78.7 Å². The first-order valence-corrected chi connectivity index (χ1v) is 4.64. The first-order valence-electron chi connectivity index (χ1n) is 4.64. The van der Waals surface area contributed by atoms with Crippen LogP contribution in [0.1, 0.15) is 6.92 Å². The topological polar surface area (TPSA) is 24.9 Å². The van der Waals surface area contributed by atoms with Crippen molar-refractivity contribution >= 4 is 0 Å². The van der Waals surface area contributed by atoms with Crippen molar-refractivity contribution in [2.75, 3.05) is 33.9 Å². The van der Waals surface area contributed by atoms with E-state index in [0.29, 0.717) is 18.6 Å². The molecule has 4 heteroatoms. The summed E-state index contributed by atoms with van der Waals surface area (Å²) in [7, 11) is 4.14. The minimum atomic E-state index is 0.419. The number of nitrogens with zero attached hydrogens (tertiary/aromatic N) is 2. The standard InChI is InChI=1S/C9H16N2O2/c1-7-6-13-9-8(11(7)3)10(2)4-5-12-9/h7H,4-6H2,1-3H3/t7-/m0/s1. The van der Waals surface area contributed by atoms with Gasteiger partial charge in [-0.25, -0.2) is 0 Å². The van der Waals surface area contributed by atoms with Crippen molar-refractivity contribution in [1.29, 1.82) is 0 Å². The predicted octanol–water partition coefficient (Wildman–Crippen LogP) is 0.425. The van der Waals surface area contributed by atoms with Gasteiger partial charge in [0.1, 0.15) is 13.2 Å². The van der Waals surface area contributed by atoms with Crippen molar-refractivity contribution in [3.8, 4) is 0 Å². The number of hydrogen-bond acceptors (Lipinski definition) is 4. The zero-order valence-electron chi connectivity index (χ0n) is 8.41. The van der Waals surface area contributed by atoms with E-state index in [9.17, 15) is 0 Å². The van der Waals surface area contributed by atoms with Crippen LogP contribution in [0, 0.1) is 0 Å². The fourth-order valence-electron chi connectivity index (χ4n) is 1.64. The summed E-state index contributed by atoms with van der Waals surface area (Å²) in [4.78, 5) is 4.38. The molecule has 13 heavy (non-hydrogen) atoms. The van der Waals surface area contributed by atoms with Crippen LogP contribution in [-0.4, -0.2) is 49.7 Å². The molecule has 2 aliphatic heterocycles. The van der Waals surface area contributed by atoms with Gasteiger partial charge in [-0.3, -0.25) is 0 Å². The van der Waals surface area contributed by atoms with Gasteiger partial charge in [0.05, 0.1) is 12.6 Å². The maximum Gasteiger partial charge on any atom is 0.322 e. The minimum absolute atomic E-state index is 0.419. The monoisotopic (exact) mass is 184 g/mol. The van der Waals surface area contributed by atoms with E-state index in [2.05, 4.69) is 30.8 Å². The van der Waals surface area contributed by atoms with Crippen LogP contribution in [0.25, 0.3) is 0 Å². The molecule has 2 aliphatic rings. The zero-order chi connectivity index (χ0) is 9.42. The van der Waals surface area contributed by atoms with Crippen LogP contribution < -0.4 is 0 Å². The number of hydrogen-bond donors (Lipinski definition) is 0. The fraction of sp³-hybridized carbons (Fsp3) is 0.778. The van der Waals surface area contributed by atoms with Gasteiger partial charge in [0.15, 0.2) is 5.82 Å². The highest BCUT2D eigenvalue weighted by atomic mass is 16.7. The summed E-state index contributed by atoms with van der Waals surface area (Å²) in [6.07, 6.45) is 0. The molecule has 0 spiro atoms. The molecule has 0 amide bonds. The van der Waals surface area contributed by atoms with Crippen molar-refractivity contribution in [3.05, 3.63) is 11.8 Å². The van der Waals surface area contributed by atoms with E-state index < -0.39 is 0 Å². The first-order chi connectivity index (χ1) is 6.20. The van der Waals surface area contributed by atoms with Crippen molar-refractivity contribution in [2.45, 2.75) is 13.0 Å². The molecule has 0 fully saturated rings. The van der Waals surface area contributed by atoms with Gasteiger partial charge in [-0.15, -0.1) is 0 Å². The van der Waals surface area contributed by atoms with E-state index in [1.54, 1.807) is 0 Å². The molecule has 1 atom stereocenters. The molecule has 0 aromatic heterocycles. The second kappa shape index (κ2) is 3.01. The van der Waals surface area contributed by atoms with Gasteiger partial charge in [0, 0.05) is 14.1 Å². The molecule has 0 aromatic rings. The Kier molecular flexibility index (Phi) is 1.98. The zero-order valence-corrected chi connectivity index (χ0v) is 8.41. The molecule has 0 radical (unpaired) electrons. The largest absolute Gasteiger partial charge is 0.461 e. The van der Waals surface area contributed by atoms with Crippen LogP contribution in [0.4, 0.5) is 0 Å². The summed E-state index contributed by atoms with van der Waals surface area (Å²) in [5.74, 6) is 1.76. The molecule has 74 valence electrons. The van der Waals surface area contributed by atoms with Crippen molar-refractivity contribution < 1.29 is 9.47 Å². The molecule has 0 saturated heterocycles. The van der Waals surface area contributed by atoms with E-state index in [0.717, 1.165) is 19.0 Å². The van der Waals surface area contributed by atoms with Crippen LogP contribution in [0.3, 0.4) is 0 Å². The van der Waals surface area contributed by atoms with Crippen LogP contribution in [0.2, 0.25) is 0 Å². The maximum atomic E-state index is 5.51. The average molecular weight is 184 g/mol. The van der Waals surface area contributed by atoms with E-state index in [-0.39, 0.29) is 0 Å². The van der Waals surface area contributed by atoms with Gasteiger partial charge in [-0.1, -0.05) is 0 Å². The highest BCUT2D eigenvalue weighted by molar-refractivity contribution is 5.07. The molecule has 4 nitrogen and oxygen atoms in total. The number of rotatable bonds is 0. The lowest BCUT2D eigenvalue weighted by molar-refractivity contribution is -0.0580. The van der Waals surface area contributed by atoms with Crippen molar-refractivity contribution in [2.24, 2.45) is 0 Å². The summed E-state index contributed by atoms with van der Waals surface area (Å²) < 4.78 is 11.0. The smallest absolute Gasteiger partial charge is 0.322 e. The van der Waals surface area contributed by atoms with Gasteiger partial charge >= 0.3 is 5.95 Å². The highest BCUT2D eigenvalue weighted by Crippen LogP contribution is 2.25. The van der Waals surface area contributed by atoms with E-state index in [4.69, 9.17) is 9.47 Å². The lowest BCUT2D eigenvalue weighted by Gasteiger charge is -2.41. The Morgan fingerprint density at radius 1 is 1.31 bits per heavy atom. The number of ether oxygens (including phenoxy) is 2. The Morgan fingerprint density at radius 3 is 2.85 bits per heavy atom. The summed E-state index contributed by atoms with van der Waals surface area (Å²) >= 11 is 0. The highest BCUT2D eigenvalue weighted by Gasteiger charge is 2.30. The molecule has 0 aliphatic carbocycles. The average Bonchev–Trinajstić information content (AvgIpc) is 2.12. The SMILES string of the molecule is C[C@H]1COC2=C(N(C)CCO2)N1C. The maximum absolute atomic E-state index is 5.51. The van der Waals surface area contributed by atoms with Crippen molar-refractivity contribution in [3.63, 3.8) is 0 Å². The van der Waals surface area contributed by atoms with E-state index >= 15 is 0 Å². The second-order valence-electron chi connectivity index (χ2n) is 3.65. The molecule has 2 heterocycles. The van der Waals surface area contributed by atoms with Crippen LogP contribution in [-0.2, 0) is 9.47 Å². The molecule has 0 aromatic carbocycles. The van der Waals surface area contributed by atoms with E-state index in [1.165, 1.54) is 0 Å². The van der Waals surface area contributed by atoms with E-state index in [1.807, 2.05) is 0 Å². The van der Waals surface area contributed by atoms with Gasteiger partial charge in [-0.05, 0) is 6.92 Å². The lowest BCUT2D eigenvalue weighted by Crippen LogP contribution is -2.46. The quantitative estimate of drug-likeness (QED) is 0.545. The Morgan fingerprint density at radius 2 is 2.08 bits per heavy atom. The Bertz CT molecular complexity index is 240. The second-order valence-corrected chi connectivity index (χ2v) is 3.65. The third kappa shape index (κ3) is 1.30. The molecule has 0 bridgehead atoms. The Balaban J connectivity index is 2.29.